The van der Waals surface area contributed by atoms with Crippen molar-refractivity contribution in [2.45, 2.75) is 45.6 Å². The van der Waals surface area contributed by atoms with E-state index in [0.717, 1.165) is 13.2 Å². The van der Waals surface area contributed by atoms with Crippen molar-refractivity contribution in [3.63, 3.8) is 0 Å². The van der Waals surface area contributed by atoms with E-state index in [2.05, 4.69) is 0 Å². The smallest absolute Gasteiger partial charge is 0.341 e. The zero-order chi connectivity index (χ0) is 26.4. The van der Waals surface area contributed by atoms with Gasteiger partial charge in [-0.05, 0) is 42.0 Å². The lowest BCUT2D eigenvalue weighted by Crippen LogP contribution is -2.26. The van der Waals surface area contributed by atoms with Crippen LogP contribution in [0.1, 0.15) is 60.6 Å². The molecule has 2 aromatic carbocycles. The quantitative estimate of drug-likeness (QED) is 0.397. The van der Waals surface area contributed by atoms with Crippen LogP contribution in [0.15, 0.2) is 41.3 Å². The number of aliphatic hydroxyl groups is 1. The summed E-state index contributed by atoms with van der Waals surface area (Å²) >= 11 is 5.83. The Kier molecular flexibility index (Phi) is 9.48. The summed E-state index contributed by atoms with van der Waals surface area (Å²) in [4.78, 5) is 24.6. The topological polar surface area (TPSA) is 109 Å². The molecule has 1 aromatic heterocycles. The second kappa shape index (κ2) is 12.3. The molecule has 3 aromatic rings. The maximum absolute atomic E-state index is 14.3. The van der Waals surface area contributed by atoms with Crippen LogP contribution in [-0.2, 0) is 11.2 Å². The van der Waals surface area contributed by atoms with Gasteiger partial charge in [0.25, 0.3) is 0 Å². The minimum Gasteiger partial charge on any atom is -0.508 e. The Labute approximate surface area is 213 Å². The molecular formula is C27H31ClFNO6. The second-order valence-corrected chi connectivity index (χ2v) is 9.33. The number of nitrogens with zero attached hydrogens (tertiary/aromatic N) is 1. The molecule has 0 radical (unpaired) electrons. The van der Waals surface area contributed by atoms with Crippen molar-refractivity contribution in [3.8, 4) is 5.75 Å². The van der Waals surface area contributed by atoms with Crippen molar-refractivity contribution in [2.24, 2.45) is 5.92 Å². The predicted molar refractivity (Wildman–Crippen MR) is 137 cm³/mol. The van der Waals surface area contributed by atoms with E-state index in [-0.39, 0.29) is 46.2 Å². The molecule has 2 heterocycles. The van der Waals surface area contributed by atoms with Gasteiger partial charge in [0.1, 0.15) is 17.1 Å². The number of pyridine rings is 1. The molecule has 4 rings (SSSR count). The molecule has 9 heteroatoms. The summed E-state index contributed by atoms with van der Waals surface area (Å²) < 4.78 is 20.8. The Bertz CT molecular complexity index is 1280. The SMILES string of the molecule is C1CCOC1.CC[C@H](C)C(CO)n1cc(C(=O)O)c(=O)c2cc(Cc3cccc(Cl)c3F)c(O)cc21. The lowest BCUT2D eigenvalue weighted by molar-refractivity contribution is 0.0693. The highest BCUT2D eigenvalue weighted by atomic mass is 35.5. The van der Waals surface area contributed by atoms with E-state index in [1.807, 2.05) is 13.8 Å². The number of carboxylic acids is 1. The lowest BCUT2D eigenvalue weighted by Gasteiger charge is -2.26. The number of aromatic carboxylic acids is 1. The average Bonchev–Trinajstić information content (AvgIpc) is 3.44. The summed E-state index contributed by atoms with van der Waals surface area (Å²) in [7, 11) is 0. The molecule has 7 nitrogen and oxygen atoms in total. The fourth-order valence-electron chi connectivity index (χ4n) is 4.21. The standard InChI is InChI=1S/C23H23ClFNO5.C4H8O/c1-3-12(2)19(11-27)26-10-16(23(30)31)22(29)15-8-14(20(28)9-18(15)26)7-13-5-4-6-17(24)21(13)25;1-2-4-5-3-1/h4-6,8-10,12,19,27-28H,3,7,11H2,1-2H3,(H,30,31);1-4H2/t12-,19?;/m0./s1. The van der Waals surface area contributed by atoms with Crippen LogP contribution in [0.4, 0.5) is 4.39 Å². The Balaban J connectivity index is 0.000000642. The minimum atomic E-state index is -1.39. The van der Waals surface area contributed by atoms with E-state index < -0.39 is 28.8 Å². The largest absolute Gasteiger partial charge is 0.508 e. The number of aromatic hydroxyl groups is 1. The number of hydrogen-bond acceptors (Lipinski definition) is 5. The van der Waals surface area contributed by atoms with Crippen molar-refractivity contribution in [1.29, 1.82) is 0 Å². The van der Waals surface area contributed by atoms with Crippen molar-refractivity contribution in [1.82, 2.24) is 4.57 Å². The molecule has 194 valence electrons. The number of benzene rings is 2. The maximum atomic E-state index is 14.3. The summed E-state index contributed by atoms with van der Waals surface area (Å²) in [6.45, 7) is 5.56. The molecule has 1 aliphatic rings. The predicted octanol–water partition coefficient (Wildman–Crippen LogP) is 5.16. The number of ether oxygens (including phenoxy) is 1. The van der Waals surface area contributed by atoms with Gasteiger partial charge in [-0.1, -0.05) is 44.0 Å². The van der Waals surface area contributed by atoms with E-state index in [0.29, 0.717) is 11.9 Å². The van der Waals surface area contributed by atoms with Gasteiger partial charge in [-0.25, -0.2) is 9.18 Å². The van der Waals surface area contributed by atoms with E-state index in [1.54, 1.807) is 6.07 Å². The molecule has 2 atom stereocenters. The first-order valence-electron chi connectivity index (χ1n) is 11.9. The summed E-state index contributed by atoms with van der Waals surface area (Å²) in [5.41, 5.74) is -0.386. The van der Waals surface area contributed by atoms with Gasteiger partial charge in [-0.2, -0.15) is 0 Å². The summed E-state index contributed by atoms with van der Waals surface area (Å²) in [5, 5.41) is 30.1. The second-order valence-electron chi connectivity index (χ2n) is 8.93. The molecular weight excluding hydrogens is 489 g/mol. The highest BCUT2D eigenvalue weighted by molar-refractivity contribution is 6.30. The van der Waals surface area contributed by atoms with Gasteiger partial charge in [0.05, 0.1) is 23.2 Å². The molecule has 1 fully saturated rings. The van der Waals surface area contributed by atoms with Crippen LogP contribution in [-0.4, -0.2) is 45.7 Å². The zero-order valence-electron chi connectivity index (χ0n) is 20.3. The number of fused-ring (bicyclic) bond motifs is 1. The number of aromatic nitrogens is 1. The molecule has 1 aliphatic heterocycles. The molecule has 0 amide bonds. The molecule has 1 saturated heterocycles. The van der Waals surface area contributed by atoms with Crippen LogP contribution in [0.2, 0.25) is 5.02 Å². The van der Waals surface area contributed by atoms with E-state index in [1.165, 1.54) is 47.9 Å². The fourth-order valence-corrected chi connectivity index (χ4v) is 4.41. The van der Waals surface area contributed by atoms with E-state index in [9.17, 15) is 29.3 Å². The Morgan fingerprint density at radius 3 is 2.47 bits per heavy atom. The van der Waals surface area contributed by atoms with Gasteiger partial charge in [0, 0.05) is 37.3 Å². The van der Waals surface area contributed by atoms with Crippen molar-refractivity contribution >= 4 is 28.5 Å². The van der Waals surface area contributed by atoms with E-state index in [4.69, 9.17) is 16.3 Å². The van der Waals surface area contributed by atoms with Gasteiger partial charge in [-0.15, -0.1) is 0 Å². The lowest BCUT2D eigenvalue weighted by atomic mass is 9.96. The Morgan fingerprint density at radius 1 is 1.22 bits per heavy atom. The Hall–Kier alpha value is -2.94. The van der Waals surface area contributed by atoms with Crippen molar-refractivity contribution in [2.75, 3.05) is 19.8 Å². The summed E-state index contributed by atoms with van der Waals surface area (Å²) in [6.07, 6.45) is 4.43. The number of aliphatic hydroxyl groups excluding tert-OH is 1. The van der Waals surface area contributed by atoms with Crippen molar-refractivity contribution < 1.29 is 29.2 Å². The first-order chi connectivity index (χ1) is 17.2. The summed E-state index contributed by atoms with van der Waals surface area (Å²) in [5.74, 6) is -2.22. The molecule has 0 spiro atoms. The van der Waals surface area contributed by atoms with Crippen molar-refractivity contribution in [3.05, 3.63) is 74.3 Å². The average molecular weight is 520 g/mol. The molecule has 36 heavy (non-hydrogen) atoms. The number of phenolic OH excluding ortho intramolecular Hbond substituents is 1. The minimum absolute atomic E-state index is 0.0280. The number of rotatable bonds is 7. The van der Waals surface area contributed by atoms with Crippen LogP contribution in [0, 0.1) is 11.7 Å². The summed E-state index contributed by atoms with van der Waals surface area (Å²) in [6, 6.07) is 6.73. The third-order valence-electron chi connectivity index (χ3n) is 6.55. The first-order valence-corrected chi connectivity index (χ1v) is 12.3. The number of carbonyl (C=O) groups is 1. The van der Waals surface area contributed by atoms with Crippen LogP contribution in [0.5, 0.6) is 5.75 Å². The van der Waals surface area contributed by atoms with Gasteiger partial charge >= 0.3 is 5.97 Å². The maximum Gasteiger partial charge on any atom is 0.341 e. The Morgan fingerprint density at radius 2 is 1.92 bits per heavy atom. The number of phenols is 1. The molecule has 0 aliphatic carbocycles. The third kappa shape index (κ3) is 6.06. The zero-order valence-corrected chi connectivity index (χ0v) is 21.1. The van der Waals surface area contributed by atoms with Crippen LogP contribution in [0.25, 0.3) is 10.9 Å². The molecule has 3 N–H and O–H groups in total. The first kappa shape index (κ1) is 27.6. The molecule has 0 bridgehead atoms. The number of carboxylic acid groups (broad SMARTS) is 1. The van der Waals surface area contributed by atoms with Crippen LogP contribution in [0.3, 0.4) is 0 Å². The normalized spacial score (nSPS) is 14.8. The molecule has 0 saturated carbocycles. The van der Waals surface area contributed by atoms with E-state index >= 15 is 0 Å². The van der Waals surface area contributed by atoms with Gasteiger partial charge in [-0.3, -0.25) is 4.79 Å². The highest BCUT2D eigenvalue weighted by Crippen LogP contribution is 2.31. The van der Waals surface area contributed by atoms with Gasteiger partial charge in [0.2, 0.25) is 5.43 Å². The number of halogens is 2. The fraction of sp³-hybridized carbons (Fsp3) is 0.407. The van der Waals surface area contributed by atoms with Crippen LogP contribution < -0.4 is 5.43 Å². The van der Waals surface area contributed by atoms with Crippen LogP contribution >= 0.6 is 11.6 Å². The number of hydrogen-bond donors (Lipinski definition) is 3. The third-order valence-corrected chi connectivity index (χ3v) is 6.84. The highest BCUT2D eigenvalue weighted by Gasteiger charge is 2.23. The molecule has 1 unspecified atom stereocenters. The van der Waals surface area contributed by atoms with Gasteiger partial charge in [0.15, 0.2) is 0 Å². The van der Waals surface area contributed by atoms with Gasteiger partial charge < -0.3 is 24.6 Å². The monoisotopic (exact) mass is 519 g/mol.